The van der Waals surface area contributed by atoms with Crippen molar-refractivity contribution in [3.63, 3.8) is 0 Å². The van der Waals surface area contributed by atoms with Crippen LogP contribution in [-0.2, 0) is 0 Å². The molecule has 1 aliphatic rings. The SMILES string of the molecule is Cc1cc(N2CCN(C)CC2)c2[nH]c(N[C@H](CC#N)c3cccc(Cl)c3)nc2n1. The highest BCUT2D eigenvalue weighted by Crippen LogP contribution is 2.29. The molecule has 0 aliphatic carbocycles. The smallest absolute Gasteiger partial charge is 0.203 e. The largest absolute Gasteiger partial charge is 0.367 e. The summed E-state index contributed by atoms with van der Waals surface area (Å²) in [7, 11) is 2.15. The highest BCUT2D eigenvalue weighted by atomic mass is 35.5. The number of nitriles is 1. The molecule has 1 aromatic carbocycles. The third kappa shape index (κ3) is 4.29. The van der Waals surface area contributed by atoms with E-state index >= 15 is 0 Å². The number of nitrogens with zero attached hydrogens (tertiary/aromatic N) is 5. The van der Waals surface area contributed by atoms with Crippen LogP contribution in [0.4, 0.5) is 11.6 Å². The predicted octanol–water partition coefficient (Wildman–Crippen LogP) is 3.74. The first-order chi connectivity index (χ1) is 14.0. The van der Waals surface area contributed by atoms with Gasteiger partial charge in [-0.15, -0.1) is 0 Å². The summed E-state index contributed by atoms with van der Waals surface area (Å²) >= 11 is 6.14. The number of fused-ring (bicyclic) bond motifs is 1. The molecule has 1 aliphatic heterocycles. The van der Waals surface area contributed by atoms with Crippen molar-refractivity contribution in [3.8, 4) is 6.07 Å². The van der Waals surface area contributed by atoms with Gasteiger partial charge in [0.15, 0.2) is 5.65 Å². The maximum Gasteiger partial charge on any atom is 0.203 e. The number of imidazole rings is 1. The lowest BCUT2D eigenvalue weighted by molar-refractivity contribution is 0.313. The number of nitrogens with one attached hydrogen (secondary N) is 2. The van der Waals surface area contributed by atoms with Crippen LogP contribution < -0.4 is 10.2 Å². The van der Waals surface area contributed by atoms with Gasteiger partial charge >= 0.3 is 0 Å². The lowest BCUT2D eigenvalue weighted by Gasteiger charge is -2.34. The van der Waals surface area contributed by atoms with E-state index in [2.05, 4.69) is 49.3 Å². The first-order valence-electron chi connectivity index (χ1n) is 9.73. The van der Waals surface area contributed by atoms with Gasteiger partial charge in [0.05, 0.1) is 24.2 Å². The van der Waals surface area contributed by atoms with Crippen LogP contribution >= 0.6 is 11.6 Å². The molecule has 4 rings (SSSR count). The van der Waals surface area contributed by atoms with Gasteiger partial charge in [-0.2, -0.15) is 10.2 Å². The van der Waals surface area contributed by atoms with E-state index in [1.165, 1.54) is 0 Å². The van der Waals surface area contributed by atoms with Gasteiger partial charge in [0.25, 0.3) is 0 Å². The summed E-state index contributed by atoms with van der Waals surface area (Å²) in [6.45, 7) is 5.99. The Kier molecular flexibility index (Phi) is 5.56. The summed E-state index contributed by atoms with van der Waals surface area (Å²) in [5.41, 5.74) is 4.62. The van der Waals surface area contributed by atoms with Crippen molar-refractivity contribution < 1.29 is 0 Å². The Bertz CT molecular complexity index is 1050. The number of H-pyrrole nitrogens is 1. The van der Waals surface area contributed by atoms with E-state index in [9.17, 15) is 5.26 Å². The Hall–Kier alpha value is -2.82. The zero-order valence-corrected chi connectivity index (χ0v) is 17.4. The summed E-state index contributed by atoms with van der Waals surface area (Å²) in [5, 5.41) is 13.3. The number of piperazine rings is 1. The van der Waals surface area contributed by atoms with Crippen molar-refractivity contribution in [3.05, 3.63) is 46.6 Å². The number of benzene rings is 1. The molecule has 2 N–H and O–H groups in total. The van der Waals surface area contributed by atoms with Gasteiger partial charge < -0.3 is 20.1 Å². The molecule has 0 spiro atoms. The lowest BCUT2D eigenvalue weighted by Crippen LogP contribution is -2.44. The van der Waals surface area contributed by atoms with Gasteiger partial charge in [0.1, 0.15) is 5.52 Å². The van der Waals surface area contributed by atoms with Gasteiger partial charge in [-0.1, -0.05) is 23.7 Å². The van der Waals surface area contributed by atoms with Crippen molar-refractivity contribution in [2.24, 2.45) is 0 Å². The summed E-state index contributed by atoms with van der Waals surface area (Å²) in [6, 6.07) is 11.7. The van der Waals surface area contributed by atoms with E-state index < -0.39 is 0 Å². The summed E-state index contributed by atoms with van der Waals surface area (Å²) in [5.74, 6) is 0.605. The molecule has 0 amide bonds. The Morgan fingerprint density at radius 2 is 2.03 bits per heavy atom. The number of hydrogen-bond donors (Lipinski definition) is 2. The molecule has 1 atom stereocenters. The third-order valence-electron chi connectivity index (χ3n) is 5.27. The average Bonchev–Trinajstić information content (AvgIpc) is 3.10. The van der Waals surface area contributed by atoms with Gasteiger partial charge in [-0.3, -0.25) is 0 Å². The van der Waals surface area contributed by atoms with E-state index in [-0.39, 0.29) is 6.04 Å². The maximum atomic E-state index is 9.28. The van der Waals surface area contributed by atoms with Crippen LogP contribution in [0, 0.1) is 18.3 Å². The minimum atomic E-state index is -0.215. The second-order valence-corrected chi connectivity index (χ2v) is 7.91. The lowest BCUT2D eigenvalue weighted by atomic mass is 10.0. The minimum Gasteiger partial charge on any atom is -0.367 e. The van der Waals surface area contributed by atoms with Crippen LogP contribution in [-0.4, -0.2) is 53.1 Å². The van der Waals surface area contributed by atoms with Crippen molar-refractivity contribution in [2.75, 3.05) is 43.4 Å². The molecule has 7 nitrogen and oxygen atoms in total. The molecule has 3 aromatic rings. The summed E-state index contributed by atoms with van der Waals surface area (Å²) in [4.78, 5) is 17.4. The Morgan fingerprint density at radius 1 is 1.24 bits per heavy atom. The van der Waals surface area contributed by atoms with Gasteiger partial charge in [0, 0.05) is 36.9 Å². The number of aromatic nitrogens is 3. The molecule has 1 saturated heterocycles. The fourth-order valence-electron chi connectivity index (χ4n) is 3.69. The van der Waals surface area contributed by atoms with Crippen LogP contribution in [0.1, 0.15) is 23.7 Å². The molecule has 3 heterocycles. The molecule has 150 valence electrons. The Morgan fingerprint density at radius 3 is 2.76 bits per heavy atom. The molecule has 0 radical (unpaired) electrons. The number of aromatic amines is 1. The van der Waals surface area contributed by atoms with Crippen molar-refractivity contribution in [1.29, 1.82) is 5.26 Å². The molecule has 2 aromatic heterocycles. The molecule has 8 heteroatoms. The highest BCUT2D eigenvalue weighted by Gasteiger charge is 2.20. The van der Waals surface area contributed by atoms with Crippen LogP contribution in [0.2, 0.25) is 5.02 Å². The number of hydrogen-bond acceptors (Lipinski definition) is 6. The third-order valence-corrected chi connectivity index (χ3v) is 5.51. The Labute approximate surface area is 175 Å². The number of rotatable bonds is 5. The fourth-order valence-corrected chi connectivity index (χ4v) is 3.89. The summed E-state index contributed by atoms with van der Waals surface area (Å²) < 4.78 is 0. The molecule has 29 heavy (non-hydrogen) atoms. The predicted molar refractivity (Wildman–Crippen MR) is 116 cm³/mol. The number of aryl methyl sites for hydroxylation is 1. The second-order valence-electron chi connectivity index (χ2n) is 7.47. The maximum absolute atomic E-state index is 9.28. The first kappa shape index (κ1) is 19.5. The summed E-state index contributed by atoms with van der Waals surface area (Å²) in [6.07, 6.45) is 0.301. The first-order valence-corrected chi connectivity index (χ1v) is 10.1. The Balaban J connectivity index is 1.66. The monoisotopic (exact) mass is 409 g/mol. The van der Waals surface area contributed by atoms with Crippen LogP contribution in [0.3, 0.4) is 0 Å². The minimum absolute atomic E-state index is 0.215. The zero-order valence-electron chi connectivity index (χ0n) is 16.6. The van der Waals surface area contributed by atoms with E-state index in [1.54, 1.807) is 0 Å². The molecular weight excluding hydrogens is 386 g/mol. The van der Waals surface area contributed by atoms with Crippen molar-refractivity contribution in [1.82, 2.24) is 19.9 Å². The topological polar surface area (TPSA) is 83.9 Å². The molecule has 0 unspecified atom stereocenters. The highest BCUT2D eigenvalue weighted by molar-refractivity contribution is 6.30. The quantitative estimate of drug-likeness (QED) is 0.667. The molecular formula is C21H24ClN7. The molecule has 1 fully saturated rings. The molecule has 0 saturated carbocycles. The fraction of sp³-hybridized carbons (Fsp3) is 0.381. The van der Waals surface area contributed by atoms with Crippen molar-refractivity contribution in [2.45, 2.75) is 19.4 Å². The van der Waals surface area contributed by atoms with E-state index in [1.807, 2.05) is 31.2 Å². The van der Waals surface area contributed by atoms with E-state index in [0.717, 1.165) is 48.6 Å². The van der Waals surface area contributed by atoms with Crippen LogP contribution in [0.15, 0.2) is 30.3 Å². The van der Waals surface area contributed by atoms with Gasteiger partial charge in [-0.05, 0) is 37.7 Å². The van der Waals surface area contributed by atoms with Gasteiger partial charge in [0.2, 0.25) is 5.95 Å². The standard InChI is InChI=1S/C21H24ClN7/c1-14-12-18(29-10-8-28(2)9-11-29)19-20(24-14)27-21(26-19)25-17(6-7-23)15-4-3-5-16(22)13-15/h3-5,12-13,17H,6,8-11H2,1-2H3,(H2,24,25,26,27)/t17-/m1/s1. The number of likely N-dealkylation sites (N-methyl/N-ethyl adjacent to an activating group) is 1. The van der Waals surface area contributed by atoms with E-state index in [0.29, 0.717) is 23.0 Å². The van der Waals surface area contributed by atoms with Gasteiger partial charge in [-0.25, -0.2) is 4.98 Å². The average molecular weight is 410 g/mol. The molecule has 0 bridgehead atoms. The normalized spacial score (nSPS) is 16.0. The number of halogens is 1. The van der Waals surface area contributed by atoms with E-state index in [4.69, 9.17) is 11.6 Å². The van der Waals surface area contributed by atoms with Crippen LogP contribution in [0.25, 0.3) is 11.2 Å². The van der Waals surface area contributed by atoms with Crippen LogP contribution in [0.5, 0.6) is 0 Å². The number of anilines is 2. The second kappa shape index (κ2) is 8.27. The zero-order chi connectivity index (χ0) is 20.4. The van der Waals surface area contributed by atoms with Crippen molar-refractivity contribution >= 4 is 34.4 Å². The number of pyridine rings is 1.